The minimum Gasteiger partial charge on any atom is -0.256 e. The van der Waals surface area contributed by atoms with Gasteiger partial charge in [0.25, 0.3) is 0 Å². The van der Waals surface area contributed by atoms with Gasteiger partial charge in [-0.2, -0.15) is 0 Å². The molecule has 1 aromatic heterocycles. The van der Waals surface area contributed by atoms with Crippen LogP contribution < -0.4 is 0 Å². The van der Waals surface area contributed by atoms with E-state index in [0.717, 1.165) is 5.52 Å². The highest BCUT2D eigenvalue weighted by Crippen LogP contribution is 2.48. The maximum atomic E-state index is 4.80. The molecule has 0 bridgehead atoms. The molecule has 10 rings (SSSR count). The number of nitrogens with zero attached hydrogens (tertiary/aromatic N) is 1. The molecule has 1 nitrogen and oxygen atoms in total. The Balaban J connectivity index is 1.39. The second kappa shape index (κ2) is 10.6. The Bertz CT molecular complexity index is 2890. The number of aromatic nitrogens is 1. The molecular formula is C47H29N. The molecule has 48 heavy (non-hydrogen) atoms. The third-order valence-corrected chi connectivity index (χ3v) is 10.1. The van der Waals surface area contributed by atoms with Crippen LogP contribution in [0.3, 0.4) is 0 Å². The minimum atomic E-state index is 1.01. The largest absolute Gasteiger partial charge is 0.256 e. The van der Waals surface area contributed by atoms with Crippen molar-refractivity contribution in [3.63, 3.8) is 0 Å². The van der Waals surface area contributed by atoms with Gasteiger partial charge in [0.1, 0.15) is 0 Å². The highest BCUT2D eigenvalue weighted by Gasteiger charge is 2.20. The van der Waals surface area contributed by atoms with Crippen LogP contribution in [0.1, 0.15) is 0 Å². The summed E-state index contributed by atoms with van der Waals surface area (Å²) in [6.45, 7) is 0. The summed E-state index contributed by atoms with van der Waals surface area (Å²) in [6.07, 6.45) is 1.89. The smallest absolute Gasteiger partial charge is 0.0714 e. The second-order valence-electron chi connectivity index (χ2n) is 12.6. The quantitative estimate of drug-likeness (QED) is 0.144. The monoisotopic (exact) mass is 607 g/mol. The van der Waals surface area contributed by atoms with E-state index in [2.05, 4.69) is 164 Å². The maximum absolute atomic E-state index is 4.80. The van der Waals surface area contributed by atoms with Crippen molar-refractivity contribution in [1.29, 1.82) is 0 Å². The van der Waals surface area contributed by atoms with E-state index in [-0.39, 0.29) is 0 Å². The van der Waals surface area contributed by atoms with E-state index >= 15 is 0 Å². The first-order valence-corrected chi connectivity index (χ1v) is 16.5. The van der Waals surface area contributed by atoms with Crippen molar-refractivity contribution in [3.8, 4) is 33.4 Å². The Morgan fingerprint density at radius 1 is 0.292 bits per heavy atom. The van der Waals surface area contributed by atoms with Crippen molar-refractivity contribution in [2.75, 3.05) is 0 Å². The van der Waals surface area contributed by atoms with Gasteiger partial charge < -0.3 is 0 Å². The topological polar surface area (TPSA) is 12.9 Å². The Morgan fingerprint density at radius 3 is 1.46 bits per heavy atom. The molecule has 0 saturated heterocycles. The lowest BCUT2D eigenvalue weighted by molar-refractivity contribution is 1.42. The Kier molecular flexibility index (Phi) is 5.94. The molecule has 0 N–H and O–H groups in total. The van der Waals surface area contributed by atoms with Crippen LogP contribution in [0.4, 0.5) is 0 Å². The van der Waals surface area contributed by atoms with Gasteiger partial charge in [-0.15, -0.1) is 0 Å². The molecule has 0 amide bonds. The van der Waals surface area contributed by atoms with Crippen LogP contribution in [0.5, 0.6) is 0 Å². The van der Waals surface area contributed by atoms with E-state index in [1.54, 1.807) is 0 Å². The van der Waals surface area contributed by atoms with E-state index in [4.69, 9.17) is 4.98 Å². The third kappa shape index (κ3) is 4.01. The molecule has 0 unspecified atom stereocenters. The zero-order chi connectivity index (χ0) is 31.6. The van der Waals surface area contributed by atoms with Gasteiger partial charge in [-0.3, -0.25) is 4.98 Å². The Hall–Kier alpha value is -6.31. The summed E-state index contributed by atoms with van der Waals surface area (Å²) in [5.41, 5.74) is 8.45. The van der Waals surface area contributed by atoms with Crippen LogP contribution in [0, 0.1) is 0 Å². The predicted molar refractivity (Wildman–Crippen MR) is 206 cm³/mol. The van der Waals surface area contributed by atoms with Crippen molar-refractivity contribution in [2.45, 2.75) is 0 Å². The summed E-state index contributed by atoms with van der Waals surface area (Å²) in [5, 5.41) is 13.7. The zero-order valence-electron chi connectivity index (χ0n) is 26.2. The lowest BCUT2D eigenvalue weighted by Crippen LogP contribution is -1.93. The van der Waals surface area contributed by atoms with E-state index in [1.165, 1.54) is 92.6 Å². The van der Waals surface area contributed by atoms with Crippen molar-refractivity contribution in [1.82, 2.24) is 4.98 Å². The lowest BCUT2D eigenvalue weighted by atomic mass is 9.82. The minimum absolute atomic E-state index is 1.01. The fourth-order valence-electron chi connectivity index (χ4n) is 7.98. The number of hydrogen-bond acceptors (Lipinski definition) is 1. The van der Waals surface area contributed by atoms with E-state index < -0.39 is 0 Å². The molecular weight excluding hydrogens is 579 g/mol. The van der Waals surface area contributed by atoms with Gasteiger partial charge in [0.15, 0.2) is 0 Å². The normalized spacial score (nSPS) is 11.8. The lowest BCUT2D eigenvalue weighted by Gasteiger charge is -2.21. The first-order valence-electron chi connectivity index (χ1n) is 16.5. The summed E-state index contributed by atoms with van der Waals surface area (Å²) in [7, 11) is 0. The first kappa shape index (κ1) is 26.9. The van der Waals surface area contributed by atoms with Crippen molar-refractivity contribution < 1.29 is 0 Å². The van der Waals surface area contributed by atoms with Crippen molar-refractivity contribution in [3.05, 3.63) is 176 Å². The first-order chi connectivity index (χ1) is 23.8. The van der Waals surface area contributed by atoms with Crippen LogP contribution >= 0.6 is 0 Å². The average Bonchev–Trinajstić information content (AvgIpc) is 3.16. The molecule has 0 spiro atoms. The SMILES string of the molecule is c1ccc2c(-c3c4ccccc4c(-c4cccc5ccccc45)c4cc(-c5cc6ncccc6c6ccccc56)ccc34)cccc2c1. The summed E-state index contributed by atoms with van der Waals surface area (Å²) in [5.74, 6) is 0. The standard InChI is InChI=1S/C47H29N/c1-3-16-33-30(12-1)14-9-22-38(33)46-40-20-7-8-21-41(40)47(39-23-10-15-31-13-2-4-17-34(31)39)44-28-32(25-26-42(44)46)43-29-45-37(24-11-27-48-45)35-18-5-6-19-36(35)43/h1-29H. The summed E-state index contributed by atoms with van der Waals surface area (Å²) < 4.78 is 0. The fraction of sp³-hybridized carbons (Fsp3) is 0. The van der Waals surface area contributed by atoms with E-state index in [0.29, 0.717) is 0 Å². The summed E-state index contributed by atoms with van der Waals surface area (Å²) in [6, 6.07) is 62.2. The maximum Gasteiger partial charge on any atom is 0.0714 e. The number of hydrogen-bond donors (Lipinski definition) is 0. The van der Waals surface area contributed by atoms with Gasteiger partial charge in [0.2, 0.25) is 0 Å². The van der Waals surface area contributed by atoms with Crippen LogP contribution in [0.25, 0.3) is 98.1 Å². The number of rotatable bonds is 3. The molecule has 0 aliphatic heterocycles. The van der Waals surface area contributed by atoms with Gasteiger partial charge >= 0.3 is 0 Å². The highest BCUT2D eigenvalue weighted by molar-refractivity contribution is 6.26. The van der Waals surface area contributed by atoms with E-state index in [9.17, 15) is 0 Å². The van der Waals surface area contributed by atoms with E-state index in [1.807, 2.05) is 12.3 Å². The second-order valence-corrected chi connectivity index (χ2v) is 12.6. The molecule has 0 aliphatic rings. The molecule has 1 heterocycles. The molecule has 0 atom stereocenters. The van der Waals surface area contributed by atoms with Gasteiger partial charge in [0, 0.05) is 11.6 Å². The number of benzene rings is 9. The van der Waals surface area contributed by atoms with Crippen LogP contribution in [0.2, 0.25) is 0 Å². The Labute approximate surface area is 278 Å². The zero-order valence-corrected chi connectivity index (χ0v) is 26.2. The molecule has 0 radical (unpaired) electrons. The van der Waals surface area contributed by atoms with Crippen molar-refractivity contribution >= 4 is 64.8 Å². The van der Waals surface area contributed by atoms with Crippen molar-refractivity contribution in [2.24, 2.45) is 0 Å². The number of fused-ring (bicyclic) bond motifs is 7. The Morgan fingerprint density at radius 2 is 0.792 bits per heavy atom. The van der Waals surface area contributed by atoms with Gasteiger partial charge in [0.05, 0.1) is 5.52 Å². The molecule has 9 aromatic carbocycles. The summed E-state index contributed by atoms with van der Waals surface area (Å²) >= 11 is 0. The molecule has 222 valence electrons. The van der Waals surface area contributed by atoms with Crippen LogP contribution in [-0.2, 0) is 0 Å². The van der Waals surface area contributed by atoms with Crippen LogP contribution in [-0.4, -0.2) is 4.98 Å². The molecule has 10 aromatic rings. The molecule has 0 saturated carbocycles. The summed E-state index contributed by atoms with van der Waals surface area (Å²) in [4.78, 5) is 4.80. The fourth-order valence-corrected chi connectivity index (χ4v) is 7.98. The molecule has 1 heteroatoms. The van der Waals surface area contributed by atoms with Gasteiger partial charge in [-0.05, 0) is 105 Å². The molecule has 0 aliphatic carbocycles. The van der Waals surface area contributed by atoms with Crippen LogP contribution in [0.15, 0.2) is 176 Å². The molecule has 0 fully saturated rings. The predicted octanol–water partition coefficient (Wildman–Crippen LogP) is 13.0. The average molecular weight is 608 g/mol. The number of pyridine rings is 1. The third-order valence-electron chi connectivity index (χ3n) is 10.1. The van der Waals surface area contributed by atoms with Gasteiger partial charge in [-0.1, -0.05) is 152 Å². The van der Waals surface area contributed by atoms with Gasteiger partial charge in [-0.25, -0.2) is 0 Å². The highest BCUT2D eigenvalue weighted by atomic mass is 14.6.